The fraction of sp³-hybridized carbons (Fsp3) is 0.355. The highest BCUT2D eigenvalue weighted by Gasteiger charge is 2.36. The molecule has 0 atom stereocenters. The molecule has 2 amide bonds. The van der Waals surface area contributed by atoms with Crippen molar-refractivity contribution in [3.05, 3.63) is 77.6 Å². The molecule has 0 aliphatic heterocycles. The third-order valence-electron chi connectivity index (χ3n) is 7.27. The standard InChI is InChI=1S/C31H32F3N3O5/c1-18(2)37(29(39)20-8-6-19(3)7-9-20)26-12-11-23(16-24(26)30(40)41)42-27-13-10-21(15-25(27)31(32,33)34)28(38)36-22-5-4-14-35-17-22/h4-5,10-20H,6-9H2,1-3H3,(H,36,38)(H,40,41). The number of amides is 2. The fourth-order valence-electron chi connectivity index (χ4n) is 5.06. The van der Waals surface area contributed by atoms with Crippen LogP contribution in [-0.2, 0) is 11.0 Å². The van der Waals surface area contributed by atoms with Gasteiger partial charge in [-0.3, -0.25) is 14.6 Å². The Morgan fingerprint density at radius 2 is 1.76 bits per heavy atom. The number of rotatable bonds is 8. The topological polar surface area (TPSA) is 109 Å². The monoisotopic (exact) mass is 583 g/mol. The summed E-state index contributed by atoms with van der Waals surface area (Å²) in [6.45, 7) is 5.69. The maximum Gasteiger partial charge on any atom is 0.420 e. The number of pyridine rings is 1. The zero-order valence-corrected chi connectivity index (χ0v) is 23.4. The van der Waals surface area contributed by atoms with Crippen LogP contribution in [0.3, 0.4) is 0 Å². The van der Waals surface area contributed by atoms with Crippen molar-refractivity contribution in [1.82, 2.24) is 4.98 Å². The number of carbonyl (C=O) groups excluding carboxylic acids is 2. The first-order chi connectivity index (χ1) is 19.8. The van der Waals surface area contributed by atoms with Gasteiger partial charge >= 0.3 is 12.1 Å². The summed E-state index contributed by atoms with van der Waals surface area (Å²) in [6, 6.07) is 9.41. The number of nitrogens with one attached hydrogen (secondary N) is 1. The van der Waals surface area contributed by atoms with Crippen molar-refractivity contribution >= 4 is 29.2 Å². The predicted octanol–water partition coefficient (Wildman–Crippen LogP) is 7.41. The van der Waals surface area contributed by atoms with Gasteiger partial charge in [0.25, 0.3) is 5.91 Å². The first-order valence-electron chi connectivity index (χ1n) is 13.7. The Labute approximate surface area is 241 Å². The number of carbonyl (C=O) groups is 3. The summed E-state index contributed by atoms with van der Waals surface area (Å²) in [6.07, 6.45) is 1.20. The van der Waals surface area contributed by atoms with Crippen LogP contribution in [-0.4, -0.2) is 33.9 Å². The minimum atomic E-state index is -4.88. The van der Waals surface area contributed by atoms with Crippen LogP contribution in [0.5, 0.6) is 11.5 Å². The maximum atomic E-state index is 14.0. The van der Waals surface area contributed by atoms with E-state index < -0.39 is 29.4 Å². The molecule has 4 rings (SSSR count). The SMILES string of the molecule is CC1CCC(C(=O)N(c2ccc(Oc3ccc(C(=O)Nc4cccnc4)cc3C(F)(F)F)cc2C(=O)O)C(C)C)CC1. The lowest BCUT2D eigenvalue weighted by molar-refractivity contribution is -0.138. The van der Waals surface area contributed by atoms with E-state index in [1.54, 1.807) is 26.0 Å². The highest BCUT2D eigenvalue weighted by atomic mass is 19.4. The average molecular weight is 584 g/mol. The van der Waals surface area contributed by atoms with E-state index in [2.05, 4.69) is 17.2 Å². The van der Waals surface area contributed by atoms with E-state index in [4.69, 9.17) is 4.74 Å². The first kappa shape index (κ1) is 30.5. The van der Waals surface area contributed by atoms with E-state index in [1.807, 2.05) is 0 Å². The minimum absolute atomic E-state index is 0.145. The van der Waals surface area contributed by atoms with Crippen LogP contribution in [0.25, 0.3) is 0 Å². The summed E-state index contributed by atoms with van der Waals surface area (Å²) >= 11 is 0. The number of hydrogen-bond acceptors (Lipinski definition) is 5. The second-order valence-corrected chi connectivity index (χ2v) is 10.7. The molecule has 2 N–H and O–H groups in total. The molecule has 1 aromatic heterocycles. The molecule has 0 saturated heterocycles. The molecule has 8 nitrogen and oxygen atoms in total. The molecule has 1 aliphatic rings. The molecule has 0 bridgehead atoms. The summed E-state index contributed by atoms with van der Waals surface area (Å²) in [7, 11) is 0. The Kier molecular flexibility index (Phi) is 9.18. The number of ether oxygens (including phenoxy) is 1. The van der Waals surface area contributed by atoms with Crippen LogP contribution in [0, 0.1) is 11.8 Å². The molecular weight excluding hydrogens is 551 g/mol. The molecule has 1 heterocycles. The van der Waals surface area contributed by atoms with Gasteiger partial charge in [0.05, 0.1) is 28.7 Å². The number of anilines is 2. The normalized spacial score (nSPS) is 17.0. The van der Waals surface area contributed by atoms with Crippen molar-refractivity contribution < 1.29 is 37.4 Å². The van der Waals surface area contributed by atoms with Gasteiger partial charge in [-0.1, -0.05) is 6.92 Å². The lowest BCUT2D eigenvalue weighted by Gasteiger charge is -2.34. The van der Waals surface area contributed by atoms with Crippen LogP contribution in [0.2, 0.25) is 0 Å². The minimum Gasteiger partial charge on any atom is -0.478 e. The number of hydrogen-bond donors (Lipinski definition) is 2. The summed E-state index contributed by atoms with van der Waals surface area (Å²) in [5.74, 6) is -2.79. The van der Waals surface area contributed by atoms with E-state index >= 15 is 0 Å². The summed E-state index contributed by atoms with van der Waals surface area (Å²) in [5, 5.41) is 12.5. The van der Waals surface area contributed by atoms with Crippen molar-refractivity contribution in [2.24, 2.45) is 11.8 Å². The largest absolute Gasteiger partial charge is 0.478 e. The van der Waals surface area contributed by atoms with E-state index in [1.165, 1.54) is 35.5 Å². The van der Waals surface area contributed by atoms with Crippen LogP contribution in [0.1, 0.15) is 72.7 Å². The molecule has 1 saturated carbocycles. The highest BCUT2D eigenvalue weighted by Crippen LogP contribution is 2.40. The number of carboxylic acid groups (broad SMARTS) is 1. The second-order valence-electron chi connectivity index (χ2n) is 10.7. The Balaban J connectivity index is 1.64. The number of nitrogens with zero attached hydrogens (tertiary/aromatic N) is 2. The smallest absolute Gasteiger partial charge is 0.420 e. The Hall–Kier alpha value is -4.41. The number of carboxylic acids is 1. The zero-order valence-electron chi connectivity index (χ0n) is 23.4. The van der Waals surface area contributed by atoms with Gasteiger partial charge in [-0.15, -0.1) is 0 Å². The van der Waals surface area contributed by atoms with Crippen molar-refractivity contribution in [3.8, 4) is 11.5 Å². The molecule has 11 heteroatoms. The van der Waals surface area contributed by atoms with E-state index in [9.17, 15) is 32.7 Å². The molecule has 1 fully saturated rings. The van der Waals surface area contributed by atoms with Gasteiger partial charge in [-0.05, 0) is 94.0 Å². The van der Waals surface area contributed by atoms with Gasteiger partial charge in [0.1, 0.15) is 11.5 Å². The van der Waals surface area contributed by atoms with Gasteiger partial charge in [0, 0.05) is 23.7 Å². The van der Waals surface area contributed by atoms with Crippen molar-refractivity contribution in [2.45, 2.75) is 58.7 Å². The molecule has 42 heavy (non-hydrogen) atoms. The lowest BCUT2D eigenvalue weighted by atomic mass is 9.82. The van der Waals surface area contributed by atoms with Crippen LogP contribution >= 0.6 is 0 Å². The maximum absolute atomic E-state index is 14.0. The molecule has 2 aromatic carbocycles. The average Bonchev–Trinajstić information content (AvgIpc) is 2.94. The van der Waals surface area contributed by atoms with Gasteiger partial charge in [-0.25, -0.2) is 4.79 Å². The molecule has 0 spiro atoms. The Morgan fingerprint density at radius 3 is 2.36 bits per heavy atom. The molecule has 1 aliphatic carbocycles. The van der Waals surface area contributed by atoms with Crippen molar-refractivity contribution in [3.63, 3.8) is 0 Å². The summed E-state index contributed by atoms with van der Waals surface area (Å²) in [4.78, 5) is 43.6. The first-order valence-corrected chi connectivity index (χ1v) is 13.7. The van der Waals surface area contributed by atoms with E-state index in [-0.39, 0.29) is 40.4 Å². The molecule has 0 unspecified atom stereocenters. The molecule has 222 valence electrons. The van der Waals surface area contributed by atoms with E-state index in [0.717, 1.165) is 25.0 Å². The third-order valence-corrected chi connectivity index (χ3v) is 7.27. The van der Waals surface area contributed by atoms with Crippen LogP contribution in [0.4, 0.5) is 24.5 Å². The van der Waals surface area contributed by atoms with Crippen molar-refractivity contribution in [2.75, 3.05) is 10.2 Å². The lowest BCUT2D eigenvalue weighted by Crippen LogP contribution is -2.42. The summed E-state index contributed by atoms with van der Waals surface area (Å²) < 4.78 is 47.6. The second kappa shape index (κ2) is 12.6. The van der Waals surface area contributed by atoms with Crippen LogP contribution in [0.15, 0.2) is 60.9 Å². The van der Waals surface area contributed by atoms with Crippen molar-refractivity contribution in [1.29, 1.82) is 0 Å². The van der Waals surface area contributed by atoms with Gasteiger partial charge in [0.15, 0.2) is 0 Å². The number of halogens is 3. The number of alkyl halides is 3. The van der Waals surface area contributed by atoms with Gasteiger partial charge in [-0.2, -0.15) is 13.2 Å². The van der Waals surface area contributed by atoms with Crippen LogP contribution < -0.4 is 15.0 Å². The number of aromatic carboxylic acids is 1. The van der Waals surface area contributed by atoms with E-state index in [0.29, 0.717) is 30.5 Å². The molecular formula is C31H32F3N3O5. The number of benzene rings is 2. The third kappa shape index (κ3) is 7.07. The number of aromatic nitrogens is 1. The molecule has 3 aromatic rings. The fourth-order valence-corrected chi connectivity index (χ4v) is 5.06. The Bertz CT molecular complexity index is 1450. The highest BCUT2D eigenvalue weighted by molar-refractivity contribution is 6.05. The Morgan fingerprint density at radius 1 is 1.05 bits per heavy atom. The predicted molar refractivity (Wildman–Crippen MR) is 151 cm³/mol. The quantitative estimate of drug-likeness (QED) is 0.286. The van der Waals surface area contributed by atoms with Gasteiger partial charge < -0.3 is 20.1 Å². The summed E-state index contributed by atoms with van der Waals surface area (Å²) in [5.41, 5.74) is -1.30. The van der Waals surface area contributed by atoms with Gasteiger partial charge in [0.2, 0.25) is 5.91 Å². The molecule has 0 radical (unpaired) electrons. The zero-order chi connectivity index (χ0) is 30.6.